The van der Waals surface area contributed by atoms with E-state index in [1.54, 1.807) is 6.07 Å². The van der Waals surface area contributed by atoms with Gasteiger partial charge >= 0.3 is 0 Å². The summed E-state index contributed by atoms with van der Waals surface area (Å²) in [4.78, 5) is 2.41. The van der Waals surface area contributed by atoms with Gasteiger partial charge in [-0.3, -0.25) is 4.90 Å². The summed E-state index contributed by atoms with van der Waals surface area (Å²) in [5, 5.41) is 11.2. The molecule has 1 aromatic carbocycles. The van der Waals surface area contributed by atoms with E-state index in [0.717, 1.165) is 50.3 Å². The summed E-state index contributed by atoms with van der Waals surface area (Å²) in [6.07, 6.45) is 2.17. The zero-order valence-electron chi connectivity index (χ0n) is 11.3. The number of fused-ring (bicyclic) bond motifs is 1. The standard InChI is InChI=1S/C15H20N2O2/c1-2-17-11-12(10-16-6-8-19-9-7-16)13-4-3-5-14(18)15(13)17/h3-5,11,18H,2,6-10H2,1H3. The number of morpholine rings is 1. The Balaban J connectivity index is 1.96. The Hall–Kier alpha value is -1.52. The van der Waals surface area contributed by atoms with Crippen molar-refractivity contribution in [2.75, 3.05) is 26.3 Å². The number of hydrogen-bond acceptors (Lipinski definition) is 3. The van der Waals surface area contributed by atoms with Crippen molar-refractivity contribution in [3.63, 3.8) is 0 Å². The number of aryl methyl sites for hydroxylation is 1. The fourth-order valence-corrected chi connectivity index (χ4v) is 2.79. The van der Waals surface area contributed by atoms with E-state index >= 15 is 0 Å². The minimum Gasteiger partial charge on any atom is -0.506 e. The van der Waals surface area contributed by atoms with Gasteiger partial charge in [0.15, 0.2) is 0 Å². The largest absolute Gasteiger partial charge is 0.506 e. The number of benzene rings is 1. The molecular formula is C15H20N2O2. The summed E-state index contributed by atoms with van der Waals surface area (Å²) < 4.78 is 7.51. The number of rotatable bonds is 3. The molecule has 1 N–H and O–H groups in total. The molecule has 3 rings (SSSR count). The number of hydrogen-bond donors (Lipinski definition) is 1. The van der Waals surface area contributed by atoms with Crippen molar-refractivity contribution in [3.8, 4) is 5.75 Å². The number of phenolic OH excluding ortho intramolecular Hbond substituents is 1. The predicted molar refractivity (Wildman–Crippen MR) is 75.4 cm³/mol. The zero-order valence-corrected chi connectivity index (χ0v) is 11.3. The average Bonchev–Trinajstić information content (AvgIpc) is 2.80. The van der Waals surface area contributed by atoms with Crippen molar-refractivity contribution in [2.24, 2.45) is 0 Å². The molecular weight excluding hydrogens is 240 g/mol. The van der Waals surface area contributed by atoms with E-state index in [-0.39, 0.29) is 0 Å². The van der Waals surface area contributed by atoms with Crippen molar-refractivity contribution < 1.29 is 9.84 Å². The van der Waals surface area contributed by atoms with E-state index in [1.165, 1.54) is 5.56 Å². The zero-order chi connectivity index (χ0) is 13.2. The number of para-hydroxylation sites is 1. The Morgan fingerprint density at radius 1 is 1.26 bits per heavy atom. The fraction of sp³-hybridized carbons (Fsp3) is 0.467. The highest BCUT2D eigenvalue weighted by atomic mass is 16.5. The quantitative estimate of drug-likeness (QED) is 0.919. The summed E-state index contributed by atoms with van der Waals surface area (Å²) in [7, 11) is 0. The highest BCUT2D eigenvalue weighted by Crippen LogP contribution is 2.29. The first-order valence-corrected chi connectivity index (χ1v) is 6.89. The molecule has 1 aromatic heterocycles. The Bertz CT molecular complexity index is 571. The lowest BCUT2D eigenvalue weighted by Crippen LogP contribution is -2.35. The Morgan fingerprint density at radius 2 is 2.05 bits per heavy atom. The van der Waals surface area contributed by atoms with Crippen LogP contribution in [0, 0.1) is 0 Å². The average molecular weight is 260 g/mol. The molecule has 19 heavy (non-hydrogen) atoms. The van der Waals surface area contributed by atoms with Gasteiger partial charge in [0.25, 0.3) is 0 Å². The normalized spacial score (nSPS) is 17.1. The molecule has 1 aliphatic heterocycles. The van der Waals surface area contributed by atoms with E-state index in [4.69, 9.17) is 4.74 Å². The van der Waals surface area contributed by atoms with Crippen LogP contribution in [0.15, 0.2) is 24.4 Å². The molecule has 1 saturated heterocycles. The lowest BCUT2D eigenvalue weighted by Gasteiger charge is -2.26. The molecule has 1 aliphatic rings. The van der Waals surface area contributed by atoms with Crippen molar-refractivity contribution >= 4 is 10.9 Å². The number of phenols is 1. The van der Waals surface area contributed by atoms with Crippen LogP contribution < -0.4 is 0 Å². The predicted octanol–water partition coefficient (Wildman–Crippen LogP) is 2.20. The molecule has 102 valence electrons. The lowest BCUT2D eigenvalue weighted by atomic mass is 10.1. The number of ether oxygens (including phenoxy) is 1. The van der Waals surface area contributed by atoms with Crippen LogP contribution in [0.3, 0.4) is 0 Å². The second-order valence-electron chi connectivity index (χ2n) is 5.00. The van der Waals surface area contributed by atoms with Gasteiger partial charge in [-0.1, -0.05) is 12.1 Å². The van der Waals surface area contributed by atoms with E-state index in [2.05, 4.69) is 28.7 Å². The summed E-state index contributed by atoms with van der Waals surface area (Å²) in [6.45, 7) is 7.50. The van der Waals surface area contributed by atoms with Crippen LogP contribution in [0.4, 0.5) is 0 Å². The van der Waals surface area contributed by atoms with Crippen LogP contribution in [-0.2, 0) is 17.8 Å². The molecule has 0 radical (unpaired) electrons. The van der Waals surface area contributed by atoms with Gasteiger partial charge < -0.3 is 14.4 Å². The summed E-state index contributed by atoms with van der Waals surface area (Å²) in [6, 6.07) is 5.77. The van der Waals surface area contributed by atoms with Crippen LogP contribution in [-0.4, -0.2) is 40.9 Å². The molecule has 1 fully saturated rings. The fourth-order valence-electron chi connectivity index (χ4n) is 2.79. The maximum atomic E-state index is 10.0. The summed E-state index contributed by atoms with van der Waals surface area (Å²) in [5.74, 6) is 0.368. The minimum atomic E-state index is 0.368. The number of nitrogens with zero attached hydrogens (tertiary/aromatic N) is 2. The molecule has 4 nitrogen and oxygen atoms in total. The lowest BCUT2D eigenvalue weighted by molar-refractivity contribution is 0.0343. The molecule has 0 unspecified atom stereocenters. The first kappa shape index (κ1) is 12.5. The topological polar surface area (TPSA) is 37.6 Å². The van der Waals surface area contributed by atoms with Gasteiger partial charge in [0, 0.05) is 37.8 Å². The van der Waals surface area contributed by atoms with E-state index in [0.29, 0.717) is 5.75 Å². The van der Waals surface area contributed by atoms with E-state index in [9.17, 15) is 5.11 Å². The molecule has 0 amide bonds. The third-order valence-corrected chi connectivity index (χ3v) is 3.80. The Morgan fingerprint density at radius 3 is 2.79 bits per heavy atom. The maximum Gasteiger partial charge on any atom is 0.139 e. The van der Waals surface area contributed by atoms with Gasteiger partial charge in [0.2, 0.25) is 0 Å². The molecule has 0 bridgehead atoms. The van der Waals surface area contributed by atoms with Crippen molar-refractivity contribution in [1.82, 2.24) is 9.47 Å². The van der Waals surface area contributed by atoms with Crippen molar-refractivity contribution in [2.45, 2.75) is 20.0 Å². The third-order valence-electron chi connectivity index (χ3n) is 3.80. The first-order valence-electron chi connectivity index (χ1n) is 6.89. The summed E-state index contributed by atoms with van der Waals surface area (Å²) >= 11 is 0. The minimum absolute atomic E-state index is 0.368. The maximum absolute atomic E-state index is 10.0. The first-order chi connectivity index (χ1) is 9.29. The highest BCUT2D eigenvalue weighted by Gasteiger charge is 2.15. The van der Waals surface area contributed by atoms with Gasteiger partial charge in [-0.2, -0.15) is 0 Å². The van der Waals surface area contributed by atoms with Crippen LogP contribution >= 0.6 is 0 Å². The van der Waals surface area contributed by atoms with Gasteiger partial charge in [0.05, 0.1) is 18.7 Å². The molecule has 2 heterocycles. The smallest absolute Gasteiger partial charge is 0.139 e. The van der Waals surface area contributed by atoms with Gasteiger partial charge in [-0.25, -0.2) is 0 Å². The summed E-state index contributed by atoms with van der Waals surface area (Å²) in [5.41, 5.74) is 2.24. The van der Waals surface area contributed by atoms with Crippen molar-refractivity contribution in [1.29, 1.82) is 0 Å². The third kappa shape index (κ3) is 2.33. The molecule has 0 spiro atoms. The van der Waals surface area contributed by atoms with Gasteiger partial charge in [0.1, 0.15) is 5.75 Å². The van der Waals surface area contributed by atoms with Crippen molar-refractivity contribution in [3.05, 3.63) is 30.0 Å². The van der Waals surface area contributed by atoms with Crippen LogP contribution in [0.5, 0.6) is 5.75 Å². The SMILES string of the molecule is CCn1cc(CN2CCOCC2)c2cccc(O)c21. The number of aromatic hydroxyl groups is 1. The van der Waals surface area contributed by atoms with E-state index < -0.39 is 0 Å². The molecule has 0 atom stereocenters. The number of aromatic nitrogens is 1. The van der Waals surface area contributed by atoms with E-state index in [1.807, 2.05) is 6.07 Å². The monoisotopic (exact) mass is 260 g/mol. The van der Waals surface area contributed by atoms with Crippen LogP contribution in [0.2, 0.25) is 0 Å². The molecule has 0 saturated carbocycles. The Kier molecular flexibility index (Phi) is 3.44. The van der Waals surface area contributed by atoms with Gasteiger partial charge in [-0.15, -0.1) is 0 Å². The molecule has 2 aromatic rings. The molecule has 0 aliphatic carbocycles. The second-order valence-corrected chi connectivity index (χ2v) is 5.00. The second kappa shape index (κ2) is 5.23. The highest BCUT2D eigenvalue weighted by molar-refractivity contribution is 5.88. The Labute approximate surface area is 113 Å². The van der Waals surface area contributed by atoms with Crippen LogP contribution in [0.25, 0.3) is 10.9 Å². The van der Waals surface area contributed by atoms with Gasteiger partial charge in [-0.05, 0) is 18.6 Å². The molecule has 4 heteroatoms. The van der Waals surface area contributed by atoms with Crippen LogP contribution in [0.1, 0.15) is 12.5 Å².